The third kappa shape index (κ3) is 5.70. The average molecular weight is 345 g/mol. The monoisotopic (exact) mass is 344 g/mol. The molecule has 126 valence electrons. The number of halogens is 1. The van der Waals surface area contributed by atoms with Crippen molar-refractivity contribution in [2.75, 3.05) is 11.9 Å². The summed E-state index contributed by atoms with van der Waals surface area (Å²) in [6, 6.07) is 13.2. The van der Waals surface area contributed by atoms with Crippen LogP contribution in [0.4, 0.5) is 5.69 Å². The molecule has 0 aromatic heterocycles. The lowest BCUT2D eigenvalue weighted by atomic mass is 10.1. The van der Waals surface area contributed by atoms with Gasteiger partial charge in [-0.3, -0.25) is 9.59 Å². The van der Waals surface area contributed by atoms with Gasteiger partial charge >= 0.3 is 0 Å². The largest absolute Gasteiger partial charge is 0.355 e. The second-order valence-corrected chi connectivity index (χ2v) is 6.21. The van der Waals surface area contributed by atoms with Crippen molar-refractivity contribution < 1.29 is 9.59 Å². The summed E-state index contributed by atoms with van der Waals surface area (Å²) in [6.45, 7) is 4.40. The summed E-state index contributed by atoms with van der Waals surface area (Å²) in [5, 5.41) is 6.21. The molecule has 2 aromatic carbocycles. The van der Waals surface area contributed by atoms with Gasteiger partial charge in [-0.25, -0.2) is 0 Å². The predicted octanol–water partition coefficient (Wildman–Crippen LogP) is 3.64. The number of aryl methyl sites for hydroxylation is 2. The highest BCUT2D eigenvalue weighted by molar-refractivity contribution is 6.30. The number of hydrogen-bond donors (Lipinski definition) is 2. The molecule has 2 N–H and O–H groups in total. The Hall–Kier alpha value is -2.33. The second-order valence-electron chi connectivity index (χ2n) is 5.77. The van der Waals surface area contributed by atoms with Gasteiger partial charge in [0.25, 0.3) is 0 Å². The molecule has 0 atom stereocenters. The number of carbonyl (C=O) groups excluding carboxylic acids is 2. The first-order valence-corrected chi connectivity index (χ1v) is 8.20. The van der Waals surface area contributed by atoms with Gasteiger partial charge in [-0.1, -0.05) is 41.4 Å². The summed E-state index contributed by atoms with van der Waals surface area (Å²) < 4.78 is 0. The molecule has 0 aliphatic rings. The van der Waals surface area contributed by atoms with Crippen molar-refractivity contribution in [1.82, 2.24) is 5.32 Å². The molecule has 24 heavy (non-hydrogen) atoms. The Labute approximate surface area is 147 Å². The van der Waals surface area contributed by atoms with Gasteiger partial charge in [-0.2, -0.15) is 0 Å². The summed E-state index contributed by atoms with van der Waals surface area (Å²) in [6.07, 6.45) is 0.509. The van der Waals surface area contributed by atoms with E-state index in [1.807, 2.05) is 56.3 Å². The Bertz CT molecular complexity index is 727. The van der Waals surface area contributed by atoms with E-state index in [9.17, 15) is 9.59 Å². The molecule has 0 radical (unpaired) electrons. The van der Waals surface area contributed by atoms with Gasteiger partial charge in [0, 0.05) is 17.3 Å². The molecular weight excluding hydrogens is 324 g/mol. The summed E-state index contributed by atoms with van der Waals surface area (Å²) in [5.74, 6) is -0.600. The lowest BCUT2D eigenvalue weighted by molar-refractivity contribution is -0.126. The lowest BCUT2D eigenvalue weighted by Gasteiger charge is -2.09. The van der Waals surface area contributed by atoms with Gasteiger partial charge in [0.2, 0.25) is 11.8 Å². The molecule has 5 heteroatoms. The Kier molecular flexibility index (Phi) is 6.38. The molecular formula is C19H21ClN2O2. The molecule has 0 fully saturated rings. The molecule has 0 saturated heterocycles. The van der Waals surface area contributed by atoms with Crippen LogP contribution in [0, 0.1) is 13.8 Å². The van der Waals surface area contributed by atoms with E-state index >= 15 is 0 Å². The molecule has 0 unspecified atom stereocenters. The summed E-state index contributed by atoms with van der Waals surface area (Å²) in [7, 11) is 0. The van der Waals surface area contributed by atoms with E-state index < -0.39 is 0 Å². The van der Waals surface area contributed by atoms with Crippen LogP contribution in [0.5, 0.6) is 0 Å². The van der Waals surface area contributed by atoms with Gasteiger partial charge < -0.3 is 10.6 Å². The SMILES string of the molecule is Cc1ccc(NC(=O)CC(=O)NCCc2ccc(Cl)cc2)c(C)c1. The van der Waals surface area contributed by atoms with E-state index in [1.165, 1.54) is 0 Å². The fourth-order valence-corrected chi connectivity index (χ4v) is 2.48. The zero-order valence-corrected chi connectivity index (χ0v) is 14.6. The first-order valence-electron chi connectivity index (χ1n) is 7.82. The maximum absolute atomic E-state index is 11.9. The summed E-state index contributed by atoms with van der Waals surface area (Å²) in [4.78, 5) is 23.8. The molecule has 0 heterocycles. The highest BCUT2D eigenvalue weighted by Crippen LogP contribution is 2.16. The minimum Gasteiger partial charge on any atom is -0.355 e. The van der Waals surface area contributed by atoms with Gasteiger partial charge in [0.1, 0.15) is 6.42 Å². The third-order valence-electron chi connectivity index (χ3n) is 3.63. The molecule has 2 rings (SSSR count). The zero-order valence-electron chi connectivity index (χ0n) is 13.9. The summed E-state index contributed by atoms with van der Waals surface area (Å²) in [5.41, 5.74) is 3.93. The standard InChI is InChI=1S/C19H21ClN2O2/c1-13-3-8-17(14(2)11-13)22-19(24)12-18(23)21-10-9-15-4-6-16(20)7-5-15/h3-8,11H,9-10,12H2,1-2H3,(H,21,23)(H,22,24). The number of amides is 2. The van der Waals surface area contributed by atoms with Crippen molar-refractivity contribution in [3.05, 3.63) is 64.2 Å². The van der Waals surface area contributed by atoms with E-state index in [0.717, 1.165) is 22.4 Å². The van der Waals surface area contributed by atoms with Crippen LogP contribution >= 0.6 is 11.6 Å². The Balaban J connectivity index is 1.75. The van der Waals surface area contributed by atoms with Crippen LogP contribution in [0.2, 0.25) is 5.02 Å². The lowest BCUT2D eigenvalue weighted by Crippen LogP contribution is -2.29. The Morgan fingerprint density at radius 1 is 1.00 bits per heavy atom. The second kappa shape index (κ2) is 8.50. The number of anilines is 1. The number of rotatable bonds is 6. The van der Waals surface area contributed by atoms with Gasteiger partial charge in [-0.15, -0.1) is 0 Å². The van der Waals surface area contributed by atoms with Crippen LogP contribution in [0.1, 0.15) is 23.1 Å². The van der Waals surface area contributed by atoms with Crippen LogP contribution in [0.15, 0.2) is 42.5 Å². The van der Waals surface area contributed by atoms with Crippen molar-refractivity contribution in [3.63, 3.8) is 0 Å². The Morgan fingerprint density at radius 2 is 1.71 bits per heavy atom. The smallest absolute Gasteiger partial charge is 0.233 e. The van der Waals surface area contributed by atoms with Gasteiger partial charge in [0.05, 0.1) is 0 Å². The van der Waals surface area contributed by atoms with Crippen molar-refractivity contribution in [3.8, 4) is 0 Å². The zero-order chi connectivity index (χ0) is 17.5. The third-order valence-corrected chi connectivity index (χ3v) is 3.88. The molecule has 0 bridgehead atoms. The normalized spacial score (nSPS) is 10.3. The van der Waals surface area contributed by atoms with E-state index in [4.69, 9.17) is 11.6 Å². The summed E-state index contributed by atoms with van der Waals surface area (Å²) >= 11 is 5.83. The molecule has 0 spiro atoms. The van der Waals surface area contributed by atoms with E-state index in [-0.39, 0.29) is 18.2 Å². The highest BCUT2D eigenvalue weighted by Gasteiger charge is 2.10. The maximum Gasteiger partial charge on any atom is 0.233 e. The first-order chi connectivity index (χ1) is 11.4. The van der Waals surface area contributed by atoms with Crippen LogP contribution in [-0.4, -0.2) is 18.4 Å². The topological polar surface area (TPSA) is 58.2 Å². The minimum atomic E-state index is -0.314. The van der Waals surface area contributed by atoms with Crippen molar-refractivity contribution >= 4 is 29.1 Å². The number of benzene rings is 2. The maximum atomic E-state index is 11.9. The molecule has 0 aliphatic carbocycles. The average Bonchev–Trinajstić information content (AvgIpc) is 2.52. The minimum absolute atomic E-state index is 0.187. The van der Waals surface area contributed by atoms with Crippen LogP contribution in [0.25, 0.3) is 0 Å². The molecule has 2 amide bonds. The predicted molar refractivity (Wildman–Crippen MR) is 97.3 cm³/mol. The fraction of sp³-hybridized carbons (Fsp3) is 0.263. The number of hydrogen-bond acceptors (Lipinski definition) is 2. The van der Waals surface area contributed by atoms with Gasteiger partial charge in [-0.05, 0) is 49.6 Å². The fourth-order valence-electron chi connectivity index (χ4n) is 2.35. The quantitative estimate of drug-likeness (QED) is 0.786. The number of nitrogens with one attached hydrogen (secondary N) is 2. The van der Waals surface area contributed by atoms with Crippen molar-refractivity contribution in [2.24, 2.45) is 0 Å². The van der Waals surface area contributed by atoms with Gasteiger partial charge in [0.15, 0.2) is 0 Å². The molecule has 2 aromatic rings. The molecule has 0 aliphatic heterocycles. The molecule has 4 nitrogen and oxygen atoms in total. The highest BCUT2D eigenvalue weighted by atomic mass is 35.5. The van der Waals surface area contributed by atoms with Crippen molar-refractivity contribution in [1.29, 1.82) is 0 Å². The Morgan fingerprint density at radius 3 is 2.38 bits per heavy atom. The van der Waals surface area contributed by atoms with E-state index in [1.54, 1.807) is 0 Å². The number of carbonyl (C=O) groups is 2. The van der Waals surface area contributed by atoms with Crippen LogP contribution in [0.3, 0.4) is 0 Å². The van der Waals surface area contributed by atoms with Crippen LogP contribution in [-0.2, 0) is 16.0 Å². The molecule has 0 saturated carbocycles. The first kappa shape index (κ1) is 18.0. The van der Waals surface area contributed by atoms with E-state index in [2.05, 4.69) is 10.6 Å². The van der Waals surface area contributed by atoms with Crippen molar-refractivity contribution in [2.45, 2.75) is 26.7 Å². The van der Waals surface area contributed by atoms with Crippen LogP contribution < -0.4 is 10.6 Å². The van der Waals surface area contributed by atoms with E-state index in [0.29, 0.717) is 18.0 Å².